The largest absolute Gasteiger partial charge is 0.390 e. The molecule has 0 radical (unpaired) electrons. The fraction of sp³-hybridized carbons (Fsp3) is 0.667. The Morgan fingerprint density at radius 2 is 1.88 bits per heavy atom. The number of carbonyl (C=O) groups is 1. The van der Waals surface area contributed by atoms with Crippen LogP contribution >= 0.6 is 0 Å². The monoisotopic (exact) mass is 238 g/mol. The fourth-order valence-electron chi connectivity index (χ4n) is 1.53. The summed E-state index contributed by atoms with van der Waals surface area (Å²) in [6.45, 7) is 9.65. The van der Waals surface area contributed by atoms with E-state index in [0.29, 0.717) is 6.42 Å². The predicted molar refractivity (Wildman–Crippen MR) is 73.0 cm³/mol. The highest BCUT2D eigenvalue weighted by Crippen LogP contribution is 2.17. The summed E-state index contributed by atoms with van der Waals surface area (Å²) in [5.74, 6) is 0.154. The van der Waals surface area contributed by atoms with Crippen LogP contribution in [0, 0.1) is 0 Å². The second-order valence-electron chi connectivity index (χ2n) is 5.30. The fourth-order valence-corrected chi connectivity index (χ4v) is 1.53. The van der Waals surface area contributed by atoms with Gasteiger partial charge in [0.2, 0.25) is 0 Å². The first-order valence-electron chi connectivity index (χ1n) is 6.32. The molecule has 0 saturated carbocycles. The topological polar surface area (TPSA) is 37.3 Å². The molecule has 0 bridgehead atoms. The minimum absolute atomic E-state index is 0.154. The van der Waals surface area contributed by atoms with Crippen molar-refractivity contribution in [2.45, 2.75) is 65.9 Å². The molecular weight excluding hydrogens is 212 g/mol. The Hall–Kier alpha value is -0.890. The highest BCUT2D eigenvalue weighted by molar-refractivity contribution is 5.91. The van der Waals surface area contributed by atoms with Crippen molar-refractivity contribution in [3.8, 4) is 0 Å². The summed E-state index contributed by atoms with van der Waals surface area (Å²) in [6.07, 6.45) is 6.56. The molecular formula is C15H26O2. The van der Waals surface area contributed by atoms with Gasteiger partial charge >= 0.3 is 0 Å². The lowest BCUT2D eigenvalue weighted by Gasteiger charge is -2.19. The van der Waals surface area contributed by atoms with Crippen molar-refractivity contribution in [3.05, 3.63) is 23.3 Å². The number of hydrogen-bond acceptors (Lipinski definition) is 2. The van der Waals surface area contributed by atoms with Crippen molar-refractivity contribution < 1.29 is 9.90 Å². The first kappa shape index (κ1) is 16.1. The van der Waals surface area contributed by atoms with Gasteiger partial charge in [-0.2, -0.15) is 0 Å². The van der Waals surface area contributed by atoms with E-state index < -0.39 is 5.60 Å². The maximum atomic E-state index is 11.5. The summed E-state index contributed by atoms with van der Waals surface area (Å²) in [4.78, 5) is 11.5. The van der Waals surface area contributed by atoms with Gasteiger partial charge in [-0.15, -0.1) is 0 Å². The highest BCUT2D eigenvalue weighted by atomic mass is 16.3. The molecule has 0 aromatic heterocycles. The number of aliphatic hydroxyl groups is 1. The third kappa shape index (κ3) is 8.87. The van der Waals surface area contributed by atoms with E-state index in [1.54, 1.807) is 6.08 Å². The molecule has 2 heteroatoms. The van der Waals surface area contributed by atoms with Gasteiger partial charge in [0, 0.05) is 6.42 Å². The molecule has 0 saturated heterocycles. The van der Waals surface area contributed by atoms with Crippen molar-refractivity contribution in [1.82, 2.24) is 0 Å². The Morgan fingerprint density at radius 3 is 2.35 bits per heavy atom. The SMILES string of the molecule is CC[C@@](C)(O)CC/C=C(\C)CC(=O)C=C(C)C. The van der Waals surface area contributed by atoms with Crippen molar-refractivity contribution in [2.24, 2.45) is 0 Å². The first-order chi connectivity index (χ1) is 7.76. The van der Waals surface area contributed by atoms with Gasteiger partial charge < -0.3 is 5.11 Å². The molecule has 0 unspecified atom stereocenters. The maximum absolute atomic E-state index is 11.5. The van der Waals surface area contributed by atoms with Crippen LogP contribution < -0.4 is 0 Å². The molecule has 0 aromatic carbocycles. The van der Waals surface area contributed by atoms with Crippen LogP contribution in [-0.2, 0) is 4.79 Å². The Labute approximate surface area is 105 Å². The Kier molecular flexibility index (Phi) is 7.05. The molecule has 2 nitrogen and oxygen atoms in total. The summed E-state index contributed by atoms with van der Waals surface area (Å²) in [6, 6.07) is 0. The Balaban J connectivity index is 4.12. The van der Waals surface area contributed by atoms with Crippen LogP contribution in [0.4, 0.5) is 0 Å². The van der Waals surface area contributed by atoms with Crippen LogP contribution in [0.3, 0.4) is 0 Å². The molecule has 0 aromatic rings. The van der Waals surface area contributed by atoms with E-state index in [2.05, 4.69) is 6.08 Å². The summed E-state index contributed by atoms with van der Waals surface area (Å²) < 4.78 is 0. The average Bonchev–Trinajstić information content (AvgIpc) is 2.15. The van der Waals surface area contributed by atoms with Gasteiger partial charge in [0.1, 0.15) is 0 Å². The summed E-state index contributed by atoms with van der Waals surface area (Å²) >= 11 is 0. The van der Waals surface area contributed by atoms with Crippen molar-refractivity contribution >= 4 is 5.78 Å². The zero-order chi connectivity index (χ0) is 13.5. The minimum atomic E-state index is -0.583. The molecule has 0 amide bonds. The second kappa shape index (κ2) is 7.44. The average molecular weight is 238 g/mol. The van der Waals surface area contributed by atoms with E-state index in [1.807, 2.05) is 34.6 Å². The zero-order valence-electron chi connectivity index (χ0n) is 11.8. The number of ketones is 1. The van der Waals surface area contributed by atoms with Crippen LogP contribution in [-0.4, -0.2) is 16.5 Å². The zero-order valence-corrected chi connectivity index (χ0v) is 11.8. The molecule has 1 N–H and O–H groups in total. The summed E-state index contributed by atoms with van der Waals surface area (Å²) in [5.41, 5.74) is 1.54. The molecule has 0 heterocycles. The number of hydrogen-bond donors (Lipinski definition) is 1. The molecule has 0 spiro atoms. The van der Waals surface area contributed by atoms with E-state index in [-0.39, 0.29) is 5.78 Å². The second-order valence-corrected chi connectivity index (χ2v) is 5.30. The normalized spacial score (nSPS) is 15.3. The van der Waals surface area contributed by atoms with Crippen LogP contribution in [0.15, 0.2) is 23.3 Å². The lowest BCUT2D eigenvalue weighted by molar-refractivity contribution is -0.114. The van der Waals surface area contributed by atoms with Crippen LogP contribution in [0.5, 0.6) is 0 Å². The van der Waals surface area contributed by atoms with Gasteiger partial charge in [-0.05, 0) is 53.0 Å². The molecule has 0 rings (SSSR count). The van der Waals surface area contributed by atoms with E-state index >= 15 is 0 Å². The van der Waals surface area contributed by atoms with Gasteiger partial charge in [0.05, 0.1) is 5.60 Å². The van der Waals surface area contributed by atoms with Crippen molar-refractivity contribution in [3.63, 3.8) is 0 Å². The molecule has 1 atom stereocenters. The predicted octanol–water partition coefficient (Wildman–Crippen LogP) is 3.80. The summed E-state index contributed by atoms with van der Waals surface area (Å²) in [7, 11) is 0. The highest BCUT2D eigenvalue weighted by Gasteiger charge is 2.15. The quantitative estimate of drug-likeness (QED) is 0.541. The van der Waals surface area contributed by atoms with Gasteiger partial charge in [0.25, 0.3) is 0 Å². The van der Waals surface area contributed by atoms with Crippen LogP contribution in [0.1, 0.15) is 60.3 Å². The molecule has 17 heavy (non-hydrogen) atoms. The van der Waals surface area contributed by atoms with Gasteiger partial charge in [-0.25, -0.2) is 0 Å². The molecule has 0 aliphatic heterocycles. The smallest absolute Gasteiger partial charge is 0.159 e. The van der Waals surface area contributed by atoms with Crippen molar-refractivity contribution in [1.29, 1.82) is 0 Å². The van der Waals surface area contributed by atoms with Gasteiger partial charge in [0.15, 0.2) is 5.78 Å². The third-order valence-electron chi connectivity index (χ3n) is 2.84. The maximum Gasteiger partial charge on any atom is 0.159 e. The van der Waals surface area contributed by atoms with E-state index in [1.165, 1.54) is 0 Å². The number of carbonyl (C=O) groups excluding carboxylic acids is 1. The summed E-state index contributed by atoms with van der Waals surface area (Å²) in [5, 5.41) is 9.83. The number of rotatable bonds is 7. The molecule has 0 aliphatic carbocycles. The Morgan fingerprint density at radius 1 is 1.29 bits per heavy atom. The van der Waals surface area contributed by atoms with Crippen LogP contribution in [0.25, 0.3) is 0 Å². The minimum Gasteiger partial charge on any atom is -0.390 e. The lowest BCUT2D eigenvalue weighted by atomic mass is 9.96. The standard InChI is InChI=1S/C15H26O2/c1-6-15(5,17)9-7-8-13(4)11-14(16)10-12(2)3/h8,10,17H,6-7,9,11H2,1-5H3/b13-8+/t15-/m1/s1. The van der Waals surface area contributed by atoms with Crippen molar-refractivity contribution in [2.75, 3.05) is 0 Å². The molecule has 98 valence electrons. The van der Waals surface area contributed by atoms with Gasteiger partial charge in [-0.3, -0.25) is 4.79 Å². The molecule has 0 aliphatic rings. The first-order valence-corrected chi connectivity index (χ1v) is 6.32. The molecule has 0 fully saturated rings. The third-order valence-corrected chi connectivity index (χ3v) is 2.84. The van der Waals surface area contributed by atoms with E-state index in [0.717, 1.165) is 30.4 Å². The Bertz CT molecular complexity index is 305. The van der Waals surface area contributed by atoms with Crippen LogP contribution in [0.2, 0.25) is 0 Å². The van der Waals surface area contributed by atoms with E-state index in [4.69, 9.17) is 0 Å². The van der Waals surface area contributed by atoms with E-state index in [9.17, 15) is 9.90 Å². The number of allylic oxidation sites excluding steroid dienone is 4. The lowest BCUT2D eigenvalue weighted by Crippen LogP contribution is -2.21. The van der Waals surface area contributed by atoms with Gasteiger partial charge in [-0.1, -0.05) is 24.1 Å².